The summed E-state index contributed by atoms with van der Waals surface area (Å²) < 4.78 is 1.81. The van der Waals surface area contributed by atoms with Gasteiger partial charge in [0.15, 0.2) is 0 Å². The maximum absolute atomic E-state index is 13.2. The van der Waals surface area contributed by atoms with Crippen molar-refractivity contribution in [3.05, 3.63) is 17.0 Å². The number of likely N-dealkylation sites (tertiary alicyclic amines) is 1. The molecule has 2 aliphatic carbocycles. The quantitative estimate of drug-likeness (QED) is 0.881. The molecule has 7 nitrogen and oxygen atoms in total. The van der Waals surface area contributed by atoms with Crippen molar-refractivity contribution < 1.29 is 9.59 Å². The van der Waals surface area contributed by atoms with E-state index in [-0.39, 0.29) is 35.7 Å². The summed E-state index contributed by atoms with van der Waals surface area (Å²) in [6, 6.07) is 1.76. The Labute approximate surface area is 159 Å². The molecular weight excluding hydrogens is 342 g/mol. The van der Waals surface area contributed by atoms with Crippen molar-refractivity contribution in [2.24, 2.45) is 17.9 Å². The number of aryl methyl sites for hydroxylation is 2. The molecule has 7 heteroatoms. The number of nitrogens with one attached hydrogen (secondary N) is 1. The topological polar surface area (TPSA) is 91.0 Å². The summed E-state index contributed by atoms with van der Waals surface area (Å²) in [5, 5.41) is 17.4. The van der Waals surface area contributed by atoms with Crippen LogP contribution in [-0.2, 0) is 16.6 Å². The Morgan fingerprint density at radius 2 is 1.96 bits per heavy atom. The van der Waals surface area contributed by atoms with Crippen LogP contribution in [0.15, 0.2) is 0 Å². The number of hydrogen-bond acceptors (Lipinski definition) is 4. The molecule has 27 heavy (non-hydrogen) atoms. The lowest BCUT2D eigenvalue weighted by molar-refractivity contribution is -0.127. The summed E-state index contributed by atoms with van der Waals surface area (Å²) in [6.07, 6.45) is 5.03. The zero-order valence-electron chi connectivity index (χ0n) is 16.5. The average Bonchev–Trinajstić information content (AvgIpc) is 2.82. The van der Waals surface area contributed by atoms with E-state index in [9.17, 15) is 14.9 Å². The van der Waals surface area contributed by atoms with E-state index in [0.717, 1.165) is 42.6 Å². The summed E-state index contributed by atoms with van der Waals surface area (Å²) in [7, 11) is 3.66. The number of carbonyl (C=O) groups is 2. The number of amides is 2. The first-order valence-corrected chi connectivity index (χ1v) is 9.74. The minimum atomic E-state index is -0.905. The van der Waals surface area contributed by atoms with Gasteiger partial charge in [-0.2, -0.15) is 10.4 Å². The molecule has 1 aromatic rings. The number of hydrogen-bond donors (Lipinski definition) is 1. The first kappa shape index (κ1) is 18.0. The van der Waals surface area contributed by atoms with Crippen molar-refractivity contribution in [2.45, 2.75) is 64.5 Å². The molecule has 1 aromatic heterocycles. The molecule has 3 fully saturated rings. The van der Waals surface area contributed by atoms with Crippen molar-refractivity contribution in [2.75, 3.05) is 7.05 Å². The van der Waals surface area contributed by atoms with Gasteiger partial charge in [-0.3, -0.25) is 14.3 Å². The third kappa shape index (κ3) is 2.35. The monoisotopic (exact) mass is 369 g/mol. The molecule has 144 valence electrons. The Hall–Kier alpha value is -2.36. The third-order valence-electron chi connectivity index (χ3n) is 7.29. The van der Waals surface area contributed by atoms with Crippen molar-refractivity contribution in [3.8, 4) is 6.07 Å². The van der Waals surface area contributed by atoms with Crippen LogP contribution in [0.1, 0.15) is 61.5 Å². The maximum Gasteiger partial charge on any atom is 0.241 e. The highest BCUT2D eigenvalue weighted by Gasteiger charge is 2.73. The normalized spacial score (nSPS) is 31.4. The lowest BCUT2D eigenvalue weighted by Gasteiger charge is -2.27. The van der Waals surface area contributed by atoms with Crippen LogP contribution >= 0.6 is 0 Å². The molecular formula is C20H27N5O2. The smallest absolute Gasteiger partial charge is 0.241 e. The van der Waals surface area contributed by atoms with Crippen molar-refractivity contribution in [1.29, 1.82) is 5.26 Å². The zero-order valence-corrected chi connectivity index (χ0v) is 16.5. The van der Waals surface area contributed by atoms with Gasteiger partial charge < -0.3 is 10.2 Å². The molecule has 1 aliphatic heterocycles. The molecule has 1 N–H and O–H groups in total. The van der Waals surface area contributed by atoms with Crippen LogP contribution in [0.4, 0.5) is 0 Å². The Morgan fingerprint density at radius 1 is 1.30 bits per heavy atom. The van der Waals surface area contributed by atoms with Gasteiger partial charge in [-0.25, -0.2) is 0 Å². The van der Waals surface area contributed by atoms with Gasteiger partial charge in [-0.05, 0) is 33.1 Å². The lowest BCUT2D eigenvalue weighted by atomic mass is 9.90. The van der Waals surface area contributed by atoms with E-state index < -0.39 is 5.41 Å². The fraction of sp³-hybridized carbons (Fsp3) is 0.700. The van der Waals surface area contributed by atoms with Crippen LogP contribution in [0.25, 0.3) is 0 Å². The predicted molar refractivity (Wildman–Crippen MR) is 98.3 cm³/mol. The van der Waals surface area contributed by atoms with E-state index in [2.05, 4.69) is 16.5 Å². The summed E-state index contributed by atoms with van der Waals surface area (Å²) in [5.74, 6) is -0.186. The van der Waals surface area contributed by atoms with E-state index in [1.54, 1.807) is 11.9 Å². The number of carbonyl (C=O) groups excluding carboxylic acids is 2. The van der Waals surface area contributed by atoms with E-state index in [1.807, 2.05) is 25.6 Å². The van der Waals surface area contributed by atoms with E-state index in [4.69, 9.17) is 0 Å². The van der Waals surface area contributed by atoms with Gasteiger partial charge in [0.05, 0.1) is 23.8 Å². The van der Waals surface area contributed by atoms with Crippen molar-refractivity contribution >= 4 is 11.8 Å². The Kier molecular flexibility index (Phi) is 3.88. The van der Waals surface area contributed by atoms with Crippen LogP contribution in [0, 0.1) is 36.0 Å². The number of nitrogens with zero attached hydrogens (tertiary/aromatic N) is 4. The van der Waals surface area contributed by atoms with Gasteiger partial charge in [0.1, 0.15) is 5.41 Å². The molecule has 1 spiro atoms. The second-order valence-electron chi connectivity index (χ2n) is 8.62. The zero-order chi connectivity index (χ0) is 19.6. The molecule has 4 rings (SSSR count). The third-order valence-corrected chi connectivity index (χ3v) is 7.29. The second kappa shape index (κ2) is 5.82. The van der Waals surface area contributed by atoms with Gasteiger partial charge in [-0.15, -0.1) is 0 Å². The highest BCUT2D eigenvalue weighted by molar-refractivity contribution is 5.91. The molecule has 2 saturated carbocycles. The Balaban J connectivity index is 1.62. The first-order chi connectivity index (χ1) is 12.8. The van der Waals surface area contributed by atoms with E-state index >= 15 is 0 Å². The molecule has 1 saturated heterocycles. The van der Waals surface area contributed by atoms with Gasteiger partial charge in [0, 0.05) is 37.2 Å². The first-order valence-electron chi connectivity index (χ1n) is 9.74. The largest absolute Gasteiger partial charge is 0.349 e. The lowest BCUT2D eigenvalue weighted by Crippen LogP contribution is -2.44. The molecule has 2 amide bonds. The summed E-state index contributed by atoms with van der Waals surface area (Å²) in [4.78, 5) is 27.3. The Bertz CT molecular complexity index is 860. The minimum absolute atomic E-state index is 0.00494. The summed E-state index contributed by atoms with van der Waals surface area (Å²) in [5.41, 5.74) is 1.82. The maximum atomic E-state index is 13.2. The fourth-order valence-corrected chi connectivity index (χ4v) is 5.55. The summed E-state index contributed by atoms with van der Waals surface area (Å²) >= 11 is 0. The number of rotatable bonds is 3. The fourth-order valence-electron chi connectivity index (χ4n) is 5.55. The number of aromatic nitrogens is 2. The molecule has 2 heterocycles. The van der Waals surface area contributed by atoms with Crippen LogP contribution in [0.5, 0.6) is 0 Å². The van der Waals surface area contributed by atoms with Gasteiger partial charge in [-0.1, -0.05) is 12.8 Å². The average molecular weight is 369 g/mol. The van der Waals surface area contributed by atoms with Crippen molar-refractivity contribution in [3.63, 3.8) is 0 Å². The van der Waals surface area contributed by atoms with E-state index in [1.165, 1.54) is 0 Å². The molecule has 3 atom stereocenters. The SMILES string of the molecule is Cc1nn(C)c(C)c1[C@H]1[C@H](NC(=O)[C@@]2(C#N)CC23CCCC3)CC(=O)N1C. The standard InChI is InChI=1S/C20H27N5O2/c1-12-16(13(2)25(4)23-12)17-14(9-15(26)24(17)3)22-18(27)20(11-21)10-19(20)7-5-6-8-19/h14,17H,5-10H2,1-4H3,(H,22,27)/t14-,17-,20+/m1/s1. The van der Waals surface area contributed by atoms with Crippen LogP contribution in [-0.4, -0.2) is 39.6 Å². The minimum Gasteiger partial charge on any atom is -0.349 e. The highest BCUT2D eigenvalue weighted by atomic mass is 16.2. The molecule has 0 aromatic carbocycles. The molecule has 3 aliphatic rings. The van der Waals surface area contributed by atoms with Crippen LogP contribution in [0.2, 0.25) is 0 Å². The molecule has 0 bridgehead atoms. The van der Waals surface area contributed by atoms with E-state index in [0.29, 0.717) is 6.42 Å². The number of likely N-dealkylation sites (N-methyl/N-ethyl adjacent to an activating group) is 1. The van der Waals surface area contributed by atoms with Gasteiger partial charge in [0.2, 0.25) is 11.8 Å². The molecule has 0 unspecified atom stereocenters. The summed E-state index contributed by atoms with van der Waals surface area (Å²) in [6.45, 7) is 3.92. The number of nitriles is 1. The second-order valence-corrected chi connectivity index (χ2v) is 8.62. The molecule has 0 radical (unpaired) electrons. The predicted octanol–water partition coefficient (Wildman–Crippen LogP) is 1.90. The Morgan fingerprint density at radius 3 is 2.52 bits per heavy atom. The van der Waals surface area contributed by atoms with Crippen LogP contribution < -0.4 is 5.32 Å². The van der Waals surface area contributed by atoms with Crippen LogP contribution in [0.3, 0.4) is 0 Å². The van der Waals surface area contributed by atoms with Crippen molar-refractivity contribution in [1.82, 2.24) is 20.0 Å². The highest BCUT2D eigenvalue weighted by Crippen LogP contribution is 2.71. The van der Waals surface area contributed by atoms with Gasteiger partial charge >= 0.3 is 0 Å². The van der Waals surface area contributed by atoms with Gasteiger partial charge in [0.25, 0.3) is 0 Å².